The summed E-state index contributed by atoms with van der Waals surface area (Å²) in [6.45, 7) is 0.652. The Bertz CT molecular complexity index is 385. The van der Waals surface area contributed by atoms with Gasteiger partial charge < -0.3 is 20.5 Å². The average Bonchev–Trinajstić information content (AvgIpc) is 2.30. The molecular formula is C11H15FN2O3. The van der Waals surface area contributed by atoms with Gasteiger partial charge >= 0.3 is 0 Å². The van der Waals surface area contributed by atoms with Crippen LogP contribution < -0.4 is 11.1 Å². The van der Waals surface area contributed by atoms with Crippen molar-refractivity contribution < 1.29 is 18.7 Å². The molecule has 3 N–H and O–H groups in total. The predicted octanol–water partition coefficient (Wildman–Crippen LogP) is 1.01. The van der Waals surface area contributed by atoms with Crippen LogP contribution in [-0.4, -0.2) is 32.8 Å². The molecule has 0 aliphatic carbocycles. The first-order chi connectivity index (χ1) is 8.13. The summed E-state index contributed by atoms with van der Waals surface area (Å²) in [6.07, 6.45) is 0. The smallest absolute Gasteiger partial charge is 0.250 e. The number of carbonyl (C=O) groups excluding carboxylic acids is 1. The van der Waals surface area contributed by atoms with Gasteiger partial charge in [-0.15, -0.1) is 0 Å². The van der Waals surface area contributed by atoms with Crippen LogP contribution in [0.3, 0.4) is 0 Å². The van der Waals surface area contributed by atoms with Gasteiger partial charge in [-0.25, -0.2) is 4.39 Å². The molecule has 0 saturated heterocycles. The Morgan fingerprint density at radius 3 is 2.88 bits per heavy atom. The fraction of sp³-hybridized carbons (Fsp3) is 0.364. The van der Waals surface area contributed by atoms with E-state index >= 15 is 0 Å². The molecule has 0 fully saturated rings. The van der Waals surface area contributed by atoms with Crippen LogP contribution in [0.1, 0.15) is 0 Å². The number of rotatable bonds is 6. The molecule has 1 aromatic carbocycles. The molecule has 1 amide bonds. The highest BCUT2D eigenvalue weighted by Gasteiger charge is 2.04. The third kappa shape index (κ3) is 4.80. The second-order valence-corrected chi connectivity index (χ2v) is 3.33. The summed E-state index contributed by atoms with van der Waals surface area (Å²) >= 11 is 0. The van der Waals surface area contributed by atoms with Crippen molar-refractivity contribution in [1.82, 2.24) is 0 Å². The van der Waals surface area contributed by atoms with Gasteiger partial charge in [0.15, 0.2) is 0 Å². The Kier molecular flexibility index (Phi) is 5.38. The Labute approximate surface area is 98.7 Å². The number of halogens is 1. The first kappa shape index (κ1) is 13.4. The van der Waals surface area contributed by atoms with E-state index in [9.17, 15) is 9.18 Å². The van der Waals surface area contributed by atoms with Gasteiger partial charge in [-0.1, -0.05) is 0 Å². The van der Waals surface area contributed by atoms with Crippen LogP contribution in [0, 0.1) is 5.82 Å². The lowest BCUT2D eigenvalue weighted by atomic mass is 10.2. The van der Waals surface area contributed by atoms with Crippen molar-refractivity contribution >= 4 is 17.3 Å². The number of ether oxygens (including phenoxy) is 2. The van der Waals surface area contributed by atoms with Crippen molar-refractivity contribution in [3.05, 3.63) is 24.0 Å². The van der Waals surface area contributed by atoms with Crippen molar-refractivity contribution in [2.75, 3.05) is 38.0 Å². The first-order valence-electron chi connectivity index (χ1n) is 5.05. The van der Waals surface area contributed by atoms with Gasteiger partial charge in [0.2, 0.25) is 5.91 Å². The van der Waals surface area contributed by atoms with Crippen molar-refractivity contribution in [1.29, 1.82) is 0 Å². The maximum Gasteiger partial charge on any atom is 0.250 e. The van der Waals surface area contributed by atoms with E-state index in [1.54, 1.807) is 7.11 Å². The van der Waals surface area contributed by atoms with E-state index in [2.05, 4.69) is 5.32 Å². The number of methoxy groups -OCH3 is 1. The highest BCUT2D eigenvalue weighted by atomic mass is 19.1. The Morgan fingerprint density at radius 1 is 1.47 bits per heavy atom. The van der Waals surface area contributed by atoms with Crippen LogP contribution in [0.2, 0.25) is 0 Å². The van der Waals surface area contributed by atoms with E-state index in [0.29, 0.717) is 18.9 Å². The molecule has 0 saturated carbocycles. The fourth-order valence-electron chi connectivity index (χ4n) is 1.11. The largest absolute Gasteiger partial charge is 0.396 e. The quantitative estimate of drug-likeness (QED) is 0.576. The van der Waals surface area contributed by atoms with Gasteiger partial charge in [0.25, 0.3) is 0 Å². The van der Waals surface area contributed by atoms with Crippen molar-refractivity contribution in [3.8, 4) is 0 Å². The third-order valence-corrected chi connectivity index (χ3v) is 1.95. The van der Waals surface area contributed by atoms with Gasteiger partial charge in [0.1, 0.15) is 12.4 Å². The molecule has 1 rings (SSSR count). The van der Waals surface area contributed by atoms with Gasteiger partial charge in [0.05, 0.1) is 18.9 Å². The number of amides is 1. The summed E-state index contributed by atoms with van der Waals surface area (Å²) in [5.41, 5.74) is 5.69. The topological polar surface area (TPSA) is 73.6 Å². The van der Waals surface area contributed by atoms with Gasteiger partial charge in [0, 0.05) is 12.8 Å². The van der Waals surface area contributed by atoms with Crippen LogP contribution in [0.15, 0.2) is 18.2 Å². The van der Waals surface area contributed by atoms with E-state index in [4.69, 9.17) is 15.2 Å². The zero-order valence-electron chi connectivity index (χ0n) is 9.53. The lowest BCUT2D eigenvalue weighted by Crippen LogP contribution is -2.19. The number of anilines is 2. The molecule has 94 valence electrons. The van der Waals surface area contributed by atoms with Crippen LogP contribution in [0.25, 0.3) is 0 Å². The normalized spacial score (nSPS) is 10.2. The minimum absolute atomic E-state index is 0.0411. The summed E-state index contributed by atoms with van der Waals surface area (Å²) in [7, 11) is 1.54. The molecule has 6 heteroatoms. The number of hydrogen-bond acceptors (Lipinski definition) is 4. The van der Waals surface area contributed by atoms with Crippen molar-refractivity contribution in [2.45, 2.75) is 0 Å². The molecule has 1 aromatic rings. The summed E-state index contributed by atoms with van der Waals surface area (Å²) < 4.78 is 22.8. The maximum atomic E-state index is 13.1. The van der Waals surface area contributed by atoms with E-state index in [-0.39, 0.29) is 18.2 Å². The Balaban J connectivity index is 2.37. The van der Waals surface area contributed by atoms with E-state index in [0.717, 1.165) is 6.07 Å². The van der Waals surface area contributed by atoms with Crippen LogP contribution in [-0.2, 0) is 14.3 Å². The predicted molar refractivity (Wildman–Crippen MR) is 62.1 cm³/mol. The molecule has 0 atom stereocenters. The second kappa shape index (κ2) is 6.82. The summed E-state index contributed by atoms with van der Waals surface area (Å²) in [6, 6.07) is 4.06. The molecule has 0 spiro atoms. The van der Waals surface area contributed by atoms with Crippen LogP contribution >= 0.6 is 0 Å². The molecule has 0 aliphatic rings. The highest BCUT2D eigenvalue weighted by molar-refractivity contribution is 5.91. The lowest BCUT2D eigenvalue weighted by Gasteiger charge is -2.06. The summed E-state index contributed by atoms with van der Waals surface area (Å²) in [5.74, 6) is -0.923. The molecule has 0 radical (unpaired) electrons. The monoisotopic (exact) mass is 242 g/mol. The number of nitrogens with one attached hydrogen (secondary N) is 1. The molecule has 0 bridgehead atoms. The molecule has 0 heterocycles. The van der Waals surface area contributed by atoms with Crippen LogP contribution in [0.4, 0.5) is 15.8 Å². The minimum atomic E-state index is -0.567. The lowest BCUT2D eigenvalue weighted by molar-refractivity contribution is -0.121. The first-order valence-corrected chi connectivity index (χ1v) is 5.05. The number of carbonyl (C=O) groups is 1. The van der Waals surface area contributed by atoms with Gasteiger partial charge in [-0.3, -0.25) is 4.79 Å². The van der Waals surface area contributed by atoms with Gasteiger partial charge in [-0.2, -0.15) is 0 Å². The molecule has 5 nitrogen and oxygen atoms in total. The average molecular weight is 242 g/mol. The zero-order chi connectivity index (χ0) is 12.7. The number of hydrogen-bond donors (Lipinski definition) is 2. The Morgan fingerprint density at radius 2 is 2.24 bits per heavy atom. The zero-order valence-corrected chi connectivity index (χ0v) is 9.53. The molecule has 17 heavy (non-hydrogen) atoms. The molecule has 0 aliphatic heterocycles. The van der Waals surface area contributed by atoms with Crippen molar-refractivity contribution in [2.24, 2.45) is 0 Å². The van der Waals surface area contributed by atoms with Crippen molar-refractivity contribution in [3.63, 3.8) is 0 Å². The number of nitrogen functional groups attached to an aromatic ring is 1. The maximum absolute atomic E-state index is 13.1. The van der Waals surface area contributed by atoms with Gasteiger partial charge in [-0.05, 0) is 18.2 Å². The van der Waals surface area contributed by atoms with E-state index < -0.39 is 5.82 Å². The van der Waals surface area contributed by atoms with E-state index in [1.165, 1.54) is 12.1 Å². The Hall–Kier alpha value is -1.66. The third-order valence-electron chi connectivity index (χ3n) is 1.95. The van der Waals surface area contributed by atoms with Crippen LogP contribution in [0.5, 0.6) is 0 Å². The fourth-order valence-corrected chi connectivity index (χ4v) is 1.11. The number of nitrogens with two attached hydrogens (primary N) is 1. The molecule has 0 aromatic heterocycles. The summed E-state index contributed by atoms with van der Waals surface area (Å²) in [4.78, 5) is 11.3. The van der Waals surface area contributed by atoms with E-state index in [1.807, 2.05) is 0 Å². The second-order valence-electron chi connectivity index (χ2n) is 3.33. The minimum Gasteiger partial charge on any atom is -0.396 e. The highest BCUT2D eigenvalue weighted by Crippen LogP contribution is 2.15. The summed E-state index contributed by atoms with van der Waals surface area (Å²) in [5, 5.41) is 2.49. The molecule has 0 unspecified atom stereocenters. The standard InChI is InChI=1S/C11H15FN2O3/c1-16-4-5-17-7-11(15)14-8-2-3-10(13)9(12)6-8/h2-3,6H,4-5,7,13H2,1H3,(H,14,15). The molecular weight excluding hydrogens is 227 g/mol. The SMILES string of the molecule is COCCOCC(=O)Nc1ccc(N)c(F)c1. The number of benzene rings is 1.